The Balaban J connectivity index is 3.32. The number of halogens is 3. The van der Waals surface area contributed by atoms with Crippen LogP contribution < -0.4 is 4.74 Å². The van der Waals surface area contributed by atoms with E-state index in [1.165, 1.54) is 7.11 Å². The number of nitrogens with zero attached hydrogens (tertiary/aromatic N) is 1. The summed E-state index contributed by atoms with van der Waals surface area (Å²) < 4.78 is 34.6. The van der Waals surface area contributed by atoms with Crippen molar-refractivity contribution >= 4 is 17.6 Å². The molecule has 0 aliphatic rings. The van der Waals surface area contributed by atoms with Crippen LogP contribution in [0.15, 0.2) is 6.20 Å². The van der Waals surface area contributed by atoms with Crippen molar-refractivity contribution in [2.24, 2.45) is 0 Å². The standard InChI is InChI=1S/C10H10ClF2NO3/c1-3-17-10(15)6-7(11)5(8(12)13)4-14-9(6)16-2/h4,8H,3H2,1-2H3. The average Bonchev–Trinajstić information content (AvgIpc) is 2.27. The van der Waals surface area contributed by atoms with Gasteiger partial charge in [0.05, 0.1) is 24.3 Å². The Morgan fingerprint density at radius 1 is 1.59 bits per heavy atom. The maximum Gasteiger partial charge on any atom is 0.345 e. The molecule has 0 fully saturated rings. The van der Waals surface area contributed by atoms with Crippen LogP contribution in [-0.2, 0) is 4.74 Å². The van der Waals surface area contributed by atoms with Crippen molar-refractivity contribution in [2.45, 2.75) is 13.3 Å². The smallest absolute Gasteiger partial charge is 0.345 e. The molecule has 0 radical (unpaired) electrons. The van der Waals surface area contributed by atoms with Crippen molar-refractivity contribution < 1.29 is 23.0 Å². The van der Waals surface area contributed by atoms with Crippen LogP contribution in [-0.4, -0.2) is 24.7 Å². The Morgan fingerprint density at radius 3 is 2.71 bits per heavy atom. The normalized spacial score (nSPS) is 10.5. The molecule has 0 unspecified atom stereocenters. The molecule has 0 N–H and O–H groups in total. The maximum atomic E-state index is 12.6. The summed E-state index contributed by atoms with van der Waals surface area (Å²) in [5.41, 5.74) is -0.815. The fourth-order valence-electron chi connectivity index (χ4n) is 1.17. The molecule has 1 heterocycles. The van der Waals surface area contributed by atoms with Crippen molar-refractivity contribution in [2.75, 3.05) is 13.7 Å². The highest BCUT2D eigenvalue weighted by Crippen LogP contribution is 2.33. The van der Waals surface area contributed by atoms with E-state index < -0.39 is 23.0 Å². The van der Waals surface area contributed by atoms with E-state index in [1.54, 1.807) is 6.92 Å². The molecule has 1 aromatic rings. The van der Waals surface area contributed by atoms with E-state index in [0.29, 0.717) is 0 Å². The van der Waals surface area contributed by atoms with Gasteiger partial charge in [0.15, 0.2) is 0 Å². The maximum absolute atomic E-state index is 12.6. The number of carbonyl (C=O) groups excluding carboxylic acids is 1. The van der Waals surface area contributed by atoms with Gasteiger partial charge in [-0.25, -0.2) is 18.6 Å². The summed E-state index contributed by atoms with van der Waals surface area (Å²) in [4.78, 5) is 15.1. The summed E-state index contributed by atoms with van der Waals surface area (Å²) in [5.74, 6) is -0.984. The number of hydrogen-bond donors (Lipinski definition) is 0. The zero-order chi connectivity index (χ0) is 13.0. The lowest BCUT2D eigenvalue weighted by Crippen LogP contribution is -2.10. The van der Waals surface area contributed by atoms with Gasteiger partial charge in [0.2, 0.25) is 5.88 Å². The molecule has 7 heteroatoms. The van der Waals surface area contributed by atoms with Crippen LogP contribution in [0.3, 0.4) is 0 Å². The third-order valence-corrected chi connectivity index (χ3v) is 2.32. The summed E-state index contributed by atoms with van der Waals surface area (Å²) in [7, 11) is 1.25. The van der Waals surface area contributed by atoms with Gasteiger partial charge in [0.1, 0.15) is 5.56 Å². The van der Waals surface area contributed by atoms with E-state index >= 15 is 0 Å². The quantitative estimate of drug-likeness (QED) is 0.786. The van der Waals surface area contributed by atoms with Crippen LogP contribution in [0.4, 0.5) is 8.78 Å². The van der Waals surface area contributed by atoms with Gasteiger partial charge < -0.3 is 9.47 Å². The highest BCUT2D eigenvalue weighted by atomic mass is 35.5. The van der Waals surface area contributed by atoms with Crippen LogP contribution in [0.5, 0.6) is 5.88 Å². The minimum absolute atomic E-state index is 0.0945. The zero-order valence-electron chi connectivity index (χ0n) is 9.17. The zero-order valence-corrected chi connectivity index (χ0v) is 9.92. The molecule has 1 rings (SSSR count). The third kappa shape index (κ3) is 2.82. The Hall–Kier alpha value is -1.43. The second-order valence-electron chi connectivity index (χ2n) is 2.93. The summed E-state index contributed by atoms with van der Waals surface area (Å²) in [6.07, 6.45) is -1.96. The highest BCUT2D eigenvalue weighted by Gasteiger charge is 2.25. The number of rotatable bonds is 4. The van der Waals surface area contributed by atoms with Gasteiger partial charge >= 0.3 is 5.97 Å². The van der Waals surface area contributed by atoms with Crippen LogP contribution in [0.25, 0.3) is 0 Å². The number of methoxy groups -OCH3 is 1. The van der Waals surface area contributed by atoms with Crippen LogP contribution in [0, 0.1) is 0 Å². The molecule has 0 aromatic carbocycles. The van der Waals surface area contributed by atoms with Crippen molar-refractivity contribution in [1.29, 1.82) is 0 Å². The number of ether oxygens (including phenoxy) is 2. The molecule has 0 atom stereocenters. The molecule has 0 aliphatic heterocycles. The molecule has 4 nitrogen and oxygen atoms in total. The third-order valence-electron chi connectivity index (χ3n) is 1.92. The minimum atomic E-state index is -2.82. The molecule has 0 saturated carbocycles. The second kappa shape index (κ2) is 5.77. The highest BCUT2D eigenvalue weighted by molar-refractivity contribution is 6.34. The molecule has 0 saturated heterocycles. The van der Waals surface area contributed by atoms with Crippen LogP contribution in [0.2, 0.25) is 5.02 Å². The van der Waals surface area contributed by atoms with Crippen LogP contribution in [0.1, 0.15) is 29.3 Å². The Labute approximate surface area is 101 Å². The van der Waals surface area contributed by atoms with E-state index in [0.717, 1.165) is 6.20 Å². The topological polar surface area (TPSA) is 48.4 Å². The average molecular weight is 266 g/mol. The van der Waals surface area contributed by atoms with E-state index in [2.05, 4.69) is 4.98 Å². The summed E-state index contributed by atoms with van der Waals surface area (Å²) in [6.45, 7) is 1.68. The van der Waals surface area contributed by atoms with E-state index in [-0.39, 0.29) is 18.1 Å². The number of esters is 1. The molecule has 0 spiro atoms. The Bertz CT molecular complexity index is 426. The summed E-state index contributed by atoms with van der Waals surface area (Å²) >= 11 is 5.72. The predicted molar refractivity (Wildman–Crippen MR) is 56.7 cm³/mol. The van der Waals surface area contributed by atoms with Gasteiger partial charge in [0, 0.05) is 6.20 Å². The Morgan fingerprint density at radius 2 is 2.24 bits per heavy atom. The van der Waals surface area contributed by atoms with Gasteiger partial charge in [-0.1, -0.05) is 11.6 Å². The molecule has 17 heavy (non-hydrogen) atoms. The monoisotopic (exact) mass is 265 g/mol. The molecule has 94 valence electrons. The molecule has 0 aliphatic carbocycles. The molecule has 1 aromatic heterocycles. The number of carbonyl (C=O) groups is 1. The minimum Gasteiger partial charge on any atom is -0.480 e. The number of pyridine rings is 1. The molecular formula is C10H10ClF2NO3. The first kappa shape index (κ1) is 13.6. The van der Waals surface area contributed by atoms with Gasteiger partial charge in [-0.2, -0.15) is 0 Å². The largest absolute Gasteiger partial charge is 0.480 e. The fraction of sp³-hybridized carbons (Fsp3) is 0.400. The SMILES string of the molecule is CCOC(=O)c1c(OC)ncc(C(F)F)c1Cl. The van der Waals surface area contributed by atoms with Crippen molar-refractivity contribution in [1.82, 2.24) is 4.98 Å². The molecular weight excluding hydrogens is 256 g/mol. The van der Waals surface area contributed by atoms with E-state index in [1.807, 2.05) is 0 Å². The van der Waals surface area contributed by atoms with Gasteiger partial charge in [-0.05, 0) is 6.92 Å². The lowest BCUT2D eigenvalue weighted by atomic mass is 10.2. The number of hydrogen-bond acceptors (Lipinski definition) is 4. The number of aromatic nitrogens is 1. The lowest BCUT2D eigenvalue weighted by molar-refractivity contribution is 0.0521. The lowest BCUT2D eigenvalue weighted by Gasteiger charge is -2.11. The van der Waals surface area contributed by atoms with Gasteiger partial charge in [0.25, 0.3) is 6.43 Å². The molecule has 0 amide bonds. The number of alkyl halides is 2. The first-order chi connectivity index (χ1) is 8.02. The Kier molecular flexibility index (Phi) is 4.62. The first-order valence-electron chi connectivity index (χ1n) is 4.70. The summed E-state index contributed by atoms with van der Waals surface area (Å²) in [6, 6.07) is 0. The van der Waals surface area contributed by atoms with Gasteiger partial charge in [-0.15, -0.1) is 0 Å². The van der Waals surface area contributed by atoms with Gasteiger partial charge in [-0.3, -0.25) is 0 Å². The first-order valence-corrected chi connectivity index (χ1v) is 5.08. The van der Waals surface area contributed by atoms with Crippen LogP contribution >= 0.6 is 11.6 Å². The van der Waals surface area contributed by atoms with E-state index in [9.17, 15) is 13.6 Å². The molecule has 0 bridgehead atoms. The second-order valence-corrected chi connectivity index (χ2v) is 3.31. The van der Waals surface area contributed by atoms with E-state index in [4.69, 9.17) is 21.1 Å². The predicted octanol–water partition coefficient (Wildman–Crippen LogP) is 2.86. The van der Waals surface area contributed by atoms with Crippen molar-refractivity contribution in [3.8, 4) is 5.88 Å². The van der Waals surface area contributed by atoms with Crippen molar-refractivity contribution in [3.05, 3.63) is 22.3 Å². The van der Waals surface area contributed by atoms with Crippen molar-refractivity contribution in [3.63, 3.8) is 0 Å². The fourth-order valence-corrected chi connectivity index (χ4v) is 1.46. The summed E-state index contributed by atoms with van der Waals surface area (Å²) in [5, 5.41) is -0.398.